The van der Waals surface area contributed by atoms with Gasteiger partial charge in [-0.2, -0.15) is 4.39 Å². The summed E-state index contributed by atoms with van der Waals surface area (Å²) in [5.74, 6) is -0.927. The van der Waals surface area contributed by atoms with E-state index in [-0.39, 0.29) is 23.1 Å². The Morgan fingerprint density at radius 1 is 1.16 bits per heavy atom. The van der Waals surface area contributed by atoms with E-state index in [1.807, 2.05) is 0 Å². The maximum absolute atomic E-state index is 12.7. The second kappa shape index (κ2) is 7.23. The summed E-state index contributed by atoms with van der Waals surface area (Å²) in [6.07, 6.45) is 0. The van der Waals surface area contributed by atoms with Crippen molar-refractivity contribution < 1.29 is 14.3 Å². The Kier molecular flexibility index (Phi) is 5.95. The lowest BCUT2D eigenvalue weighted by Crippen LogP contribution is -2.11. The Morgan fingerprint density at radius 2 is 1.84 bits per heavy atom. The van der Waals surface area contributed by atoms with Crippen LogP contribution in [0.25, 0.3) is 0 Å². The molecule has 0 unspecified atom stereocenters. The SMILES string of the molecule is Cl.O=C(O)c1ccc(CNCc2ccc(F)s2)cc1. The lowest BCUT2D eigenvalue weighted by atomic mass is 10.1. The van der Waals surface area contributed by atoms with Crippen LogP contribution in [0.15, 0.2) is 36.4 Å². The van der Waals surface area contributed by atoms with Crippen LogP contribution in [0.2, 0.25) is 0 Å². The van der Waals surface area contributed by atoms with Gasteiger partial charge in [0, 0.05) is 18.0 Å². The summed E-state index contributed by atoms with van der Waals surface area (Å²) in [5, 5.41) is 11.7. The minimum atomic E-state index is -0.927. The summed E-state index contributed by atoms with van der Waals surface area (Å²) in [4.78, 5) is 11.6. The highest BCUT2D eigenvalue weighted by Gasteiger charge is 2.02. The summed E-state index contributed by atoms with van der Waals surface area (Å²) in [7, 11) is 0. The van der Waals surface area contributed by atoms with Gasteiger partial charge in [-0.05, 0) is 29.8 Å². The van der Waals surface area contributed by atoms with E-state index in [0.29, 0.717) is 13.1 Å². The highest BCUT2D eigenvalue weighted by molar-refractivity contribution is 7.10. The van der Waals surface area contributed by atoms with Crippen molar-refractivity contribution in [2.75, 3.05) is 0 Å². The van der Waals surface area contributed by atoms with Gasteiger partial charge in [-0.15, -0.1) is 23.7 Å². The zero-order valence-corrected chi connectivity index (χ0v) is 11.6. The predicted octanol–water partition coefficient (Wildman–Crippen LogP) is 3.30. The summed E-state index contributed by atoms with van der Waals surface area (Å²) < 4.78 is 12.7. The fraction of sp³-hybridized carbons (Fsp3) is 0.154. The predicted molar refractivity (Wildman–Crippen MR) is 75.5 cm³/mol. The van der Waals surface area contributed by atoms with Gasteiger partial charge in [0.15, 0.2) is 5.13 Å². The molecule has 0 aliphatic rings. The van der Waals surface area contributed by atoms with Crippen molar-refractivity contribution in [3.8, 4) is 0 Å². The molecule has 0 bridgehead atoms. The minimum Gasteiger partial charge on any atom is -0.478 e. The Bertz CT molecular complexity index is 542. The van der Waals surface area contributed by atoms with Crippen LogP contribution in [0, 0.1) is 5.13 Å². The van der Waals surface area contributed by atoms with Crippen molar-refractivity contribution >= 4 is 29.7 Å². The highest BCUT2D eigenvalue weighted by Crippen LogP contribution is 2.14. The number of hydrogen-bond acceptors (Lipinski definition) is 3. The number of rotatable bonds is 5. The molecule has 2 aromatic rings. The molecular formula is C13H13ClFNO2S. The fourth-order valence-corrected chi connectivity index (χ4v) is 2.24. The summed E-state index contributed by atoms with van der Waals surface area (Å²) in [6.45, 7) is 1.23. The molecule has 0 aliphatic carbocycles. The van der Waals surface area contributed by atoms with E-state index in [1.165, 1.54) is 6.07 Å². The van der Waals surface area contributed by atoms with Gasteiger partial charge in [0.25, 0.3) is 0 Å². The van der Waals surface area contributed by atoms with E-state index in [2.05, 4.69) is 5.32 Å². The lowest BCUT2D eigenvalue weighted by Gasteiger charge is -2.03. The van der Waals surface area contributed by atoms with E-state index in [4.69, 9.17) is 5.11 Å². The van der Waals surface area contributed by atoms with Gasteiger partial charge < -0.3 is 10.4 Å². The van der Waals surface area contributed by atoms with E-state index >= 15 is 0 Å². The Balaban J connectivity index is 0.00000180. The average Bonchev–Trinajstić information content (AvgIpc) is 2.76. The number of thiophene rings is 1. The summed E-state index contributed by atoms with van der Waals surface area (Å²) in [6, 6.07) is 9.88. The standard InChI is InChI=1S/C13H12FNO2S.ClH/c14-12-6-5-11(18-12)8-15-7-9-1-3-10(4-2-9)13(16)17;/h1-6,15H,7-8H2,(H,16,17);1H. The molecule has 1 aromatic heterocycles. The fourth-order valence-electron chi connectivity index (χ4n) is 1.54. The van der Waals surface area contributed by atoms with Crippen LogP contribution in [-0.2, 0) is 13.1 Å². The van der Waals surface area contributed by atoms with Crippen LogP contribution >= 0.6 is 23.7 Å². The first-order valence-corrected chi connectivity index (χ1v) is 6.24. The molecule has 0 radical (unpaired) electrons. The van der Waals surface area contributed by atoms with Crippen molar-refractivity contribution in [1.29, 1.82) is 0 Å². The second-order valence-corrected chi connectivity index (χ2v) is 4.93. The third kappa shape index (κ3) is 4.63. The van der Waals surface area contributed by atoms with Crippen LogP contribution in [-0.4, -0.2) is 11.1 Å². The van der Waals surface area contributed by atoms with Gasteiger partial charge >= 0.3 is 5.97 Å². The zero-order chi connectivity index (χ0) is 13.0. The van der Waals surface area contributed by atoms with Gasteiger partial charge in [-0.1, -0.05) is 12.1 Å². The first kappa shape index (κ1) is 15.6. The van der Waals surface area contributed by atoms with Crippen LogP contribution in [0.3, 0.4) is 0 Å². The monoisotopic (exact) mass is 301 g/mol. The van der Waals surface area contributed by atoms with Crippen LogP contribution in [0.1, 0.15) is 20.8 Å². The number of halogens is 2. The molecule has 0 saturated heterocycles. The molecule has 102 valence electrons. The molecular weight excluding hydrogens is 289 g/mol. The number of nitrogens with one attached hydrogen (secondary N) is 1. The van der Waals surface area contributed by atoms with Crippen LogP contribution in [0.4, 0.5) is 4.39 Å². The Morgan fingerprint density at radius 3 is 2.37 bits per heavy atom. The molecule has 0 amide bonds. The van der Waals surface area contributed by atoms with Crippen LogP contribution in [0.5, 0.6) is 0 Å². The van der Waals surface area contributed by atoms with Crippen molar-refractivity contribution in [3.05, 3.63) is 57.5 Å². The molecule has 1 aromatic carbocycles. The molecule has 0 aliphatic heterocycles. The lowest BCUT2D eigenvalue weighted by molar-refractivity contribution is 0.0697. The molecule has 0 spiro atoms. The van der Waals surface area contributed by atoms with Gasteiger partial charge in [-0.25, -0.2) is 4.79 Å². The molecule has 2 rings (SSSR count). The van der Waals surface area contributed by atoms with Gasteiger partial charge in [0.1, 0.15) is 0 Å². The molecule has 1 heterocycles. The Labute approximate surface area is 120 Å². The number of carboxylic acids is 1. The van der Waals surface area contributed by atoms with Crippen molar-refractivity contribution in [2.45, 2.75) is 13.1 Å². The zero-order valence-electron chi connectivity index (χ0n) is 9.93. The van der Waals surface area contributed by atoms with Crippen molar-refractivity contribution in [2.24, 2.45) is 0 Å². The molecule has 0 atom stereocenters. The van der Waals surface area contributed by atoms with Crippen LogP contribution < -0.4 is 5.32 Å². The van der Waals surface area contributed by atoms with Gasteiger partial charge in [0.05, 0.1) is 5.56 Å². The molecule has 6 heteroatoms. The van der Waals surface area contributed by atoms with E-state index in [9.17, 15) is 9.18 Å². The van der Waals surface area contributed by atoms with E-state index in [0.717, 1.165) is 21.8 Å². The van der Waals surface area contributed by atoms with E-state index in [1.54, 1.807) is 30.3 Å². The molecule has 0 saturated carbocycles. The highest BCUT2D eigenvalue weighted by atomic mass is 35.5. The molecule has 0 fully saturated rings. The molecule has 2 N–H and O–H groups in total. The first-order chi connectivity index (χ1) is 8.65. The maximum atomic E-state index is 12.7. The van der Waals surface area contributed by atoms with Gasteiger partial charge in [-0.3, -0.25) is 0 Å². The third-order valence-corrected chi connectivity index (χ3v) is 3.33. The summed E-state index contributed by atoms with van der Waals surface area (Å²) >= 11 is 1.12. The number of hydrogen-bond donors (Lipinski definition) is 2. The number of aromatic carboxylic acids is 1. The average molecular weight is 302 g/mol. The topological polar surface area (TPSA) is 49.3 Å². The number of benzene rings is 1. The molecule has 19 heavy (non-hydrogen) atoms. The van der Waals surface area contributed by atoms with E-state index < -0.39 is 5.97 Å². The first-order valence-electron chi connectivity index (χ1n) is 5.42. The number of carboxylic acid groups (broad SMARTS) is 1. The second-order valence-electron chi connectivity index (χ2n) is 3.81. The largest absolute Gasteiger partial charge is 0.478 e. The molecule has 3 nitrogen and oxygen atoms in total. The maximum Gasteiger partial charge on any atom is 0.335 e. The quantitative estimate of drug-likeness (QED) is 0.891. The third-order valence-electron chi connectivity index (χ3n) is 2.46. The smallest absolute Gasteiger partial charge is 0.335 e. The van der Waals surface area contributed by atoms with Crippen molar-refractivity contribution in [1.82, 2.24) is 5.32 Å². The normalized spacial score (nSPS) is 9.95. The van der Waals surface area contributed by atoms with Crippen molar-refractivity contribution in [3.63, 3.8) is 0 Å². The van der Waals surface area contributed by atoms with Gasteiger partial charge in [0.2, 0.25) is 0 Å². The number of carbonyl (C=O) groups is 1. The Hall–Kier alpha value is -1.43. The summed E-state index contributed by atoms with van der Waals surface area (Å²) in [5.41, 5.74) is 1.27. The minimum absolute atomic E-state index is 0.